The van der Waals surface area contributed by atoms with Crippen LogP contribution in [0.25, 0.3) is 5.82 Å². The Morgan fingerprint density at radius 2 is 2.00 bits per heavy atom. The second-order valence-electron chi connectivity index (χ2n) is 4.69. The largest absolute Gasteiger partial charge is 0.384 e. The Morgan fingerprint density at radius 1 is 1.25 bits per heavy atom. The molecule has 0 fully saturated rings. The third-order valence-electron chi connectivity index (χ3n) is 2.17. The number of rotatable bonds is 1. The average molecular weight is 217 g/mol. The van der Waals surface area contributed by atoms with E-state index in [9.17, 15) is 0 Å². The molecule has 5 heteroatoms. The molecule has 2 aromatic heterocycles. The Hall–Kier alpha value is -1.91. The van der Waals surface area contributed by atoms with Crippen LogP contribution in [0.4, 0.5) is 5.82 Å². The van der Waals surface area contributed by atoms with Crippen molar-refractivity contribution in [1.29, 1.82) is 0 Å². The van der Waals surface area contributed by atoms with Gasteiger partial charge in [-0.25, -0.2) is 15.0 Å². The smallest absolute Gasteiger partial charge is 0.143 e. The zero-order valence-electron chi connectivity index (χ0n) is 9.68. The van der Waals surface area contributed by atoms with Gasteiger partial charge in [0.25, 0.3) is 0 Å². The third kappa shape index (κ3) is 2.03. The van der Waals surface area contributed by atoms with Crippen molar-refractivity contribution in [2.24, 2.45) is 0 Å². The van der Waals surface area contributed by atoms with Gasteiger partial charge >= 0.3 is 0 Å². The van der Waals surface area contributed by atoms with Gasteiger partial charge in [-0.05, 0) is 0 Å². The number of imidazole rings is 1. The second kappa shape index (κ2) is 3.59. The first kappa shape index (κ1) is 10.6. The van der Waals surface area contributed by atoms with Gasteiger partial charge in [-0.15, -0.1) is 0 Å². The Labute approximate surface area is 94.4 Å². The van der Waals surface area contributed by atoms with E-state index in [1.54, 1.807) is 18.6 Å². The van der Waals surface area contributed by atoms with Crippen molar-refractivity contribution >= 4 is 5.82 Å². The number of aromatic nitrogens is 4. The molecule has 16 heavy (non-hydrogen) atoms. The fraction of sp³-hybridized carbons (Fsp3) is 0.364. The fourth-order valence-electron chi connectivity index (χ4n) is 1.31. The van der Waals surface area contributed by atoms with Gasteiger partial charge in [-0.2, -0.15) is 0 Å². The normalized spacial score (nSPS) is 11.7. The maximum Gasteiger partial charge on any atom is 0.143 e. The molecule has 0 saturated carbocycles. The molecule has 2 aromatic rings. The summed E-state index contributed by atoms with van der Waals surface area (Å²) in [7, 11) is 0. The highest BCUT2D eigenvalue weighted by Crippen LogP contribution is 2.20. The van der Waals surface area contributed by atoms with E-state index in [0.29, 0.717) is 5.82 Å². The summed E-state index contributed by atoms with van der Waals surface area (Å²) in [5.74, 6) is 1.95. The van der Waals surface area contributed by atoms with E-state index in [0.717, 1.165) is 11.6 Å². The van der Waals surface area contributed by atoms with Crippen LogP contribution in [0, 0.1) is 0 Å². The molecule has 2 N–H and O–H groups in total. The summed E-state index contributed by atoms with van der Waals surface area (Å²) in [5.41, 5.74) is 5.66. The molecule has 5 nitrogen and oxygen atoms in total. The van der Waals surface area contributed by atoms with Gasteiger partial charge in [0.05, 0.1) is 0 Å². The molecular formula is C11H15N5. The number of anilines is 1. The lowest BCUT2D eigenvalue weighted by molar-refractivity contribution is 0.544. The van der Waals surface area contributed by atoms with Gasteiger partial charge in [-0.1, -0.05) is 20.8 Å². The summed E-state index contributed by atoms with van der Waals surface area (Å²) in [5, 5.41) is 0. The standard InChI is InChI=1S/C11H15N5/c1-11(2,3)10-14-8(12)6-9(15-10)16-5-4-13-7-16/h4-7H,1-3H3,(H2,12,14,15). The van der Waals surface area contributed by atoms with Crippen LogP contribution in [0.3, 0.4) is 0 Å². The summed E-state index contributed by atoms with van der Waals surface area (Å²) < 4.78 is 1.81. The molecule has 0 amide bonds. The van der Waals surface area contributed by atoms with Gasteiger partial charge < -0.3 is 5.73 Å². The molecule has 0 spiro atoms. The minimum absolute atomic E-state index is 0.120. The lowest BCUT2D eigenvalue weighted by atomic mass is 9.96. The van der Waals surface area contributed by atoms with Crippen molar-refractivity contribution in [1.82, 2.24) is 19.5 Å². The Morgan fingerprint density at radius 3 is 2.56 bits per heavy atom. The average Bonchev–Trinajstić information content (AvgIpc) is 2.68. The molecular weight excluding hydrogens is 202 g/mol. The summed E-state index contributed by atoms with van der Waals surface area (Å²) in [6.07, 6.45) is 5.22. The van der Waals surface area contributed by atoms with E-state index in [-0.39, 0.29) is 5.41 Å². The molecule has 0 radical (unpaired) electrons. The minimum Gasteiger partial charge on any atom is -0.384 e. The van der Waals surface area contributed by atoms with E-state index in [2.05, 4.69) is 35.7 Å². The van der Waals surface area contributed by atoms with Crippen LogP contribution in [0.1, 0.15) is 26.6 Å². The van der Waals surface area contributed by atoms with Crippen LogP contribution in [-0.4, -0.2) is 19.5 Å². The second-order valence-corrected chi connectivity index (χ2v) is 4.69. The van der Waals surface area contributed by atoms with Crippen molar-refractivity contribution in [2.45, 2.75) is 26.2 Å². The highest BCUT2D eigenvalue weighted by atomic mass is 15.1. The Balaban J connectivity index is 2.53. The van der Waals surface area contributed by atoms with E-state index < -0.39 is 0 Å². The van der Waals surface area contributed by atoms with Crippen LogP contribution >= 0.6 is 0 Å². The van der Waals surface area contributed by atoms with Crippen LogP contribution in [0.15, 0.2) is 24.8 Å². The molecule has 0 unspecified atom stereocenters. The van der Waals surface area contributed by atoms with Gasteiger partial charge in [-0.3, -0.25) is 4.57 Å². The molecule has 0 aliphatic rings. The molecule has 0 atom stereocenters. The molecule has 0 aliphatic heterocycles. The van der Waals surface area contributed by atoms with E-state index in [1.807, 2.05) is 10.8 Å². The quantitative estimate of drug-likeness (QED) is 0.786. The summed E-state index contributed by atoms with van der Waals surface area (Å²) in [6.45, 7) is 6.17. The first-order valence-electron chi connectivity index (χ1n) is 5.10. The number of nitrogen functional groups attached to an aromatic ring is 1. The molecule has 2 heterocycles. The van der Waals surface area contributed by atoms with E-state index in [4.69, 9.17) is 5.73 Å². The monoisotopic (exact) mass is 217 g/mol. The number of hydrogen-bond acceptors (Lipinski definition) is 4. The van der Waals surface area contributed by atoms with Crippen LogP contribution < -0.4 is 5.73 Å². The SMILES string of the molecule is CC(C)(C)c1nc(N)cc(-n2ccnc2)n1. The summed E-state index contributed by atoms with van der Waals surface area (Å²) in [6, 6.07) is 1.73. The van der Waals surface area contributed by atoms with Crippen molar-refractivity contribution in [3.63, 3.8) is 0 Å². The number of nitrogens with zero attached hydrogens (tertiary/aromatic N) is 4. The van der Waals surface area contributed by atoms with Crippen molar-refractivity contribution < 1.29 is 0 Å². The predicted octanol–water partition coefficient (Wildman–Crippen LogP) is 1.54. The maximum atomic E-state index is 5.78. The Bertz CT molecular complexity index is 482. The van der Waals surface area contributed by atoms with Crippen LogP contribution in [-0.2, 0) is 5.41 Å². The first-order chi connectivity index (χ1) is 7.47. The number of hydrogen-bond donors (Lipinski definition) is 1. The van der Waals surface area contributed by atoms with Crippen molar-refractivity contribution in [3.8, 4) is 5.82 Å². The molecule has 0 saturated heterocycles. The van der Waals surface area contributed by atoms with Gasteiger partial charge in [0.15, 0.2) is 0 Å². The predicted molar refractivity (Wildman–Crippen MR) is 62.3 cm³/mol. The Kier molecular flexibility index (Phi) is 2.38. The fourth-order valence-corrected chi connectivity index (χ4v) is 1.31. The molecule has 0 aliphatic carbocycles. The van der Waals surface area contributed by atoms with Gasteiger partial charge in [0.2, 0.25) is 0 Å². The summed E-state index contributed by atoms with van der Waals surface area (Å²) >= 11 is 0. The molecule has 2 rings (SSSR count). The molecule has 0 bridgehead atoms. The van der Waals surface area contributed by atoms with Crippen LogP contribution in [0.5, 0.6) is 0 Å². The maximum absolute atomic E-state index is 5.78. The third-order valence-corrected chi connectivity index (χ3v) is 2.17. The van der Waals surface area contributed by atoms with Gasteiger partial charge in [0, 0.05) is 23.9 Å². The van der Waals surface area contributed by atoms with E-state index >= 15 is 0 Å². The number of nitrogens with two attached hydrogens (primary N) is 1. The first-order valence-corrected chi connectivity index (χ1v) is 5.10. The minimum atomic E-state index is -0.120. The van der Waals surface area contributed by atoms with Crippen LogP contribution in [0.2, 0.25) is 0 Å². The summed E-state index contributed by atoms with van der Waals surface area (Å²) in [4.78, 5) is 12.7. The van der Waals surface area contributed by atoms with E-state index in [1.165, 1.54) is 0 Å². The highest BCUT2D eigenvalue weighted by molar-refractivity contribution is 5.38. The molecule has 0 aromatic carbocycles. The molecule has 84 valence electrons. The lowest BCUT2D eigenvalue weighted by Crippen LogP contribution is -2.18. The zero-order valence-corrected chi connectivity index (χ0v) is 9.68. The van der Waals surface area contributed by atoms with Gasteiger partial charge in [0.1, 0.15) is 23.8 Å². The highest BCUT2D eigenvalue weighted by Gasteiger charge is 2.18. The topological polar surface area (TPSA) is 69.6 Å². The lowest BCUT2D eigenvalue weighted by Gasteiger charge is -2.17. The zero-order chi connectivity index (χ0) is 11.8. The van der Waals surface area contributed by atoms with Crippen molar-refractivity contribution in [3.05, 3.63) is 30.6 Å². The van der Waals surface area contributed by atoms with Crippen molar-refractivity contribution in [2.75, 3.05) is 5.73 Å².